The van der Waals surface area contributed by atoms with Gasteiger partial charge in [0.15, 0.2) is 0 Å². The topological polar surface area (TPSA) is 72.6 Å². The summed E-state index contributed by atoms with van der Waals surface area (Å²) in [6.45, 7) is 0. The third-order valence-electron chi connectivity index (χ3n) is 6.85. The fourth-order valence-corrected chi connectivity index (χ4v) is 4.74. The molecule has 1 unspecified atom stereocenters. The van der Waals surface area contributed by atoms with Crippen LogP contribution in [0.5, 0.6) is 0 Å². The third-order valence-corrected chi connectivity index (χ3v) is 6.85. The van der Waals surface area contributed by atoms with Crippen LogP contribution in [0, 0.1) is 11.8 Å². The maximum Gasteiger partial charge on any atom is 0.404 e. The molecule has 0 saturated heterocycles. The number of benzene rings is 3. The highest BCUT2D eigenvalue weighted by molar-refractivity contribution is 6.05. The van der Waals surface area contributed by atoms with E-state index in [1.54, 1.807) is 11.9 Å². The van der Waals surface area contributed by atoms with Crippen LogP contribution in [-0.4, -0.2) is 25.2 Å². The Labute approximate surface area is 194 Å². The zero-order valence-corrected chi connectivity index (χ0v) is 18.7. The molecule has 2 amide bonds. The minimum atomic E-state index is -0.676. The summed E-state index contributed by atoms with van der Waals surface area (Å²) in [6, 6.07) is 26.0. The van der Waals surface area contributed by atoms with Gasteiger partial charge >= 0.3 is 6.09 Å². The van der Waals surface area contributed by atoms with Gasteiger partial charge in [-0.3, -0.25) is 4.79 Å². The molecule has 33 heavy (non-hydrogen) atoms. The lowest BCUT2D eigenvalue weighted by Crippen LogP contribution is -2.26. The summed E-state index contributed by atoms with van der Waals surface area (Å²) in [5.41, 5.74) is 10.2. The maximum absolute atomic E-state index is 13.0. The molecule has 2 fully saturated rings. The number of ether oxygens (including phenoxy) is 1. The van der Waals surface area contributed by atoms with E-state index in [0.29, 0.717) is 23.3 Å². The monoisotopic (exact) mass is 440 g/mol. The molecule has 0 aromatic heterocycles. The standard InChI is InChI=1S/C28H28N2O3/c1-30(27(31)22-11-7-19(8-12-22)18-5-3-2-4-6-18)23-15-13-20(14-16-23)24-17-25(24)26(21-9-10-21)33-28(29)32/h2-8,11-16,21,24-26H,9-10,17H2,1H3,(H2,29,32)/t24-,25+,26?/m0/s1. The van der Waals surface area contributed by atoms with Crippen molar-refractivity contribution in [2.75, 3.05) is 11.9 Å². The van der Waals surface area contributed by atoms with Crippen LogP contribution in [0.2, 0.25) is 0 Å². The molecule has 5 rings (SSSR count). The van der Waals surface area contributed by atoms with E-state index in [1.165, 1.54) is 5.56 Å². The van der Waals surface area contributed by atoms with Gasteiger partial charge in [0.05, 0.1) is 0 Å². The highest BCUT2D eigenvalue weighted by atomic mass is 16.6. The average molecular weight is 441 g/mol. The summed E-state index contributed by atoms with van der Waals surface area (Å²) >= 11 is 0. The summed E-state index contributed by atoms with van der Waals surface area (Å²) in [6.07, 6.45) is 2.50. The molecule has 5 nitrogen and oxygen atoms in total. The van der Waals surface area contributed by atoms with Crippen molar-refractivity contribution in [2.45, 2.75) is 31.3 Å². The van der Waals surface area contributed by atoms with Gasteiger partial charge in [0, 0.05) is 24.2 Å². The van der Waals surface area contributed by atoms with E-state index in [4.69, 9.17) is 10.5 Å². The highest BCUT2D eigenvalue weighted by Crippen LogP contribution is 2.55. The number of amides is 2. The van der Waals surface area contributed by atoms with Gasteiger partial charge < -0.3 is 15.4 Å². The summed E-state index contributed by atoms with van der Waals surface area (Å²) in [5.74, 6) is 1.15. The first-order chi connectivity index (χ1) is 16.0. The molecule has 0 bridgehead atoms. The number of anilines is 1. The first-order valence-electron chi connectivity index (χ1n) is 11.5. The van der Waals surface area contributed by atoms with E-state index in [-0.39, 0.29) is 12.0 Å². The number of primary amides is 1. The molecule has 5 heteroatoms. The van der Waals surface area contributed by atoms with Crippen LogP contribution < -0.4 is 10.6 Å². The molecule has 2 aliphatic carbocycles. The molecule has 3 aromatic rings. The molecule has 3 aromatic carbocycles. The SMILES string of the molecule is CN(C(=O)c1ccc(-c2ccccc2)cc1)c1ccc([C@@H]2C[C@H]2C(OC(N)=O)C2CC2)cc1. The lowest BCUT2D eigenvalue weighted by Gasteiger charge is -2.19. The number of carbonyl (C=O) groups is 2. The number of rotatable bonds is 7. The summed E-state index contributed by atoms with van der Waals surface area (Å²) in [4.78, 5) is 26.0. The van der Waals surface area contributed by atoms with Crippen molar-refractivity contribution in [3.63, 3.8) is 0 Å². The minimum Gasteiger partial charge on any atom is -0.446 e. The van der Waals surface area contributed by atoms with Crippen molar-refractivity contribution < 1.29 is 14.3 Å². The summed E-state index contributed by atoms with van der Waals surface area (Å²) in [5, 5.41) is 0. The molecule has 3 atom stereocenters. The van der Waals surface area contributed by atoms with Crippen molar-refractivity contribution in [3.05, 3.63) is 90.0 Å². The van der Waals surface area contributed by atoms with Crippen molar-refractivity contribution >= 4 is 17.7 Å². The number of carbonyl (C=O) groups excluding carboxylic acids is 2. The first kappa shape index (κ1) is 21.3. The van der Waals surface area contributed by atoms with Crippen LogP contribution >= 0.6 is 0 Å². The van der Waals surface area contributed by atoms with Crippen molar-refractivity contribution in [2.24, 2.45) is 17.6 Å². The van der Waals surface area contributed by atoms with E-state index in [9.17, 15) is 9.59 Å². The maximum atomic E-state index is 13.0. The highest BCUT2D eigenvalue weighted by Gasteiger charge is 2.51. The Morgan fingerprint density at radius 3 is 2.15 bits per heavy atom. The van der Waals surface area contributed by atoms with Crippen LogP contribution in [-0.2, 0) is 4.74 Å². The van der Waals surface area contributed by atoms with Crippen LogP contribution in [0.25, 0.3) is 11.1 Å². The Morgan fingerprint density at radius 2 is 1.55 bits per heavy atom. The second-order valence-corrected chi connectivity index (χ2v) is 9.14. The molecule has 0 spiro atoms. The molecular weight excluding hydrogens is 412 g/mol. The van der Waals surface area contributed by atoms with Crippen molar-refractivity contribution in [1.82, 2.24) is 0 Å². The van der Waals surface area contributed by atoms with Gasteiger partial charge in [-0.25, -0.2) is 4.79 Å². The van der Waals surface area contributed by atoms with Gasteiger partial charge in [-0.1, -0.05) is 54.6 Å². The van der Waals surface area contributed by atoms with E-state index in [0.717, 1.165) is 36.1 Å². The van der Waals surface area contributed by atoms with Gasteiger partial charge in [-0.2, -0.15) is 0 Å². The Balaban J connectivity index is 1.24. The van der Waals surface area contributed by atoms with E-state index in [1.807, 2.05) is 54.6 Å². The fourth-order valence-electron chi connectivity index (χ4n) is 4.74. The molecule has 0 aliphatic heterocycles. The minimum absolute atomic E-state index is 0.0460. The van der Waals surface area contributed by atoms with Gasteiger partial charge in [-0.05, 0) is 72.1 Å². The Kier molecular flexibility index (Phi) is 5.63. The van der Waals surface area contributed by atoms with Gasteiger partial charge in [-0.15, -0.1) is 0 Å². The van der Waals surface area contributed by atoms with E-state index < -0.39 is 6.09 Å². The van der Waals surface area contributed by atoms with Crippen LogP contribution in [0.1, 0.15) is 41.1 Å². The Bertz CT molecular complexity index is 1140. The Morgan fingerprint density at radius 1 is 0.909 bits per heavy atom. The average Bonchev–Trinajstić information content (AvgIpc) is 3.77. The molecule has 0 heterocycles. The van der Waals surface area contributed by atoms with Gasteiger partial charge in [0.1, 0.15) is 6.10 Å². The molecule has 168 valence electrons. The van der Waals surface area contributed by atoms with Crippen molar-refractivity contribution in [1.29, 1.82) is 0 Å². The Hall–Kier alpha value is -3.60. The molecule has 0 radical (unpaired) electrons. The zero-order chi connectivity index (χ0) is 22.9. The smallest absolute Gasteiger partial charge is 0.404 e. The number of hydrogen-bond donors (Lipinski definition) is 1. The van der Waals surface area contributed by atoms with Crippen LogP contribution in [0.3, 0.4) is 0 Å². The van der Waals surface area contributed by atoms with Gasteiger partial charge in [0.25, 0.3) is 5.91 Å². The molecular formula is C28H28N2O3. The number of nitrogens with zero attached hydrogens (tertiary/aromatic N) is 1. The quantitative estimate of drug-likeness (QED) is 0.519. The second-order valence-electron chi connectivity index (χ2n) is 9.14. The number of nitrogens with two attached hydrogens (primary N) is 1. The summed E-state index contributed by atoms with van der Waals surface area (Å²) < 4.78 is 5.41. The summed E-state index contributed by atoms with van der Waals surface area (Å²) in [7, 11) is 1.80. The van der Waals surface area contributed by atoms with E-state index in [2.05, 4.69) is 24.3 Å². The lowest BCUT2D eigenvalue weighted by atomic mass is 10.0. The molecule has 2 N–H and O–H groups in total. The predicted molar refractivity (Wildman–Crippen MR) is 129 cm³/mol. The zero-order valence-electron chi connectivity index (χ0n) is 18.7. The largest absolute Gasteiger partial charge is 0.446 e. The lowest BCUT2D eigenvalue weighted by molar-refractivity contribution is 0.0784. The fraction of sp³-hybridized carbons (Fsp3) is 0.286. The normalized spacial score (nSPS) is 20.0. The first-order valence-corrected chi connectivity index (χ1v) is 11.5. The molecule has 2 saturated carbocycles. The molecule has 2 aliphatic rings. The third kappa shape index (κ3) is 4.63. The van der Waals surface area contributed by atoms with Crippen LogP contribution in [0.15, 0.2) is 78.9 Å². The predicted octanol–water partition coefficient (Wildman–Crippen LogP) is 5.61. The van der Waals surface area contributed by atoms with Gasteiger partial charge in [0.2, 0.25) is 0 Å². The van der Waals surface area contributed by atoms with E-state index >= 15 is 0 Å². The number of hydrogen-bond acceptors (Lipinski definition) is 3. The van der Waals surface area contributed by atoms with Crippen LogP contribution in [0.4, 0.5) is 10.5 Å². The second kappa shape index (κ2) is 8.74. The van der Waals surface area contributed by atoms with Crippen molar-refractivity contribution in [3.8, 4) is 11.1 Å².